The zero-order valence-corrected chi connectivity index (χ0v) is 20.6. The molecule has 0 fully saturated rings. The molecule has 0 aliphatic carbocycles. The van der Waals surface area contributed by atoms with Crippen LogP contribution >= 0.6 is 25.1 Å². The van der Waals surface area contributed by atoms with Gasteiger partial charge in [0.1, 0.15) is 17.8 Å². The molecule has 1 aromatic carbocycles. The second-order valence-corrected chi connectivity index (χ2v) is 8.69. The minimum atomic E-state index is -1.29. The third-order valence-electron chi connectivity index (χ3n) is 5.39. The lowest BCUT2D eigenvalue weighted by Gasteiger charge is -2.34. The summed E-state index contributed by atoms with van der Waals surface area (Å²) in [5.74, 6) is -1.42. The third-order valence-corrected chi connectivity index (χ3v) is 5.69. The quantitative estimate of drug-likeness (QED) is 0.367. The standard InChI is InChI=1S/C21H21ClF2N6O4.H2S/c1-21(31,11-29-9-17(30(32)33)26-20(29)22)10-28-4-3-16-15(8-28)19(34-2)27-18(25-16)12-5-13(23)7-14(24)6-12;/h5-7,9,31H,3-4,8,10-11H2,1-2H3;1H2/t21-;/m0./s1. The number of nitrogens with zero attached hydrogens (tertiary/aromatic N) is 6. The van der Waals surface area contributed by atoms with Crippen molar-refractivity contribution in [3.8, 4) is 17.3 Å². The van der Waals surface area contributed by atoms with E-state index in [1.54, 1.807) is 6.92 Å². The van der Waals surface area contributed by atoms with Crippen LogP contribution in [0.4, 0.5) is 14.6 Å². The SMILES string of the molecule is COc1nc(-c2cc(F)cc(F)c2)nc2c1CN(C[C@](C)(O)Cn1cc([N+](=O)[O-])nc1Cl)CC2.S. The highest BCUT2D eigenvalue weighted by atomic mass is 35.5. The van der Waals surface area contributed by atoms with Crippen LogP contribution in [-0.2, 0) is 19.5 Å². The molecular weight excluding hydrogens is 506 g/mol. The zero-order valence-electron chi connectivity index (χ0n) is 18.8. The minimum absolute atomic E-state index is 0. The number of nitro groups is 1. The number of benzene rings is 1. The van der Waals surface area contributed by atoms with Crippen LogP contribution in [0.5, 0.6) is 5.88 Å². The number of rotatable bonds is 7. The molecule has 1 N–H and O–H groups in total. The molecule has 0 amide bonds. The number of aliphatic hydroxyl groups is 1. The van der Waals surface area contributed by atoms with E-state index in [1.807, 2.05) is 4.90 Å². The van der Waals surface area contributed by atoms with E-state index in [1.165, 1.54) is 17.9 Å². The van der Waals surface area contributed by atoms with Crippen LogP contribution in [0.15, 0.2) is 24.4 Å². The topological polar surface area (TPSA) is 119 Å². The van der Waals surface area contributed by atoms with Gasteiger partial charge in [-0.25, -0.2) is 13.8 Å². The lowest BCUT2D eigenvalue weighted by Crippen LogP contribution is -2.45. The van der Waals surface area contributed by atoms with Gasteiger partial charge in [0.25, 0.3) is 0 Å². The van der Waals surface area contributed by atoms with Crippen molar-refractivity contribution in [3.05, 3.63) is 62.7 Å². The van der Waals surface area contributed by atoms with Gasteiger partial charge in [0, 0.05) is 43.2 Å². The van der Waals surface area contributed by atoms with Gasteiger partial charge in [0.15, 0.2) is 5.82 Å². The van der Waals surface area contributed by atoms with E-state index < -0.39 is 28.0 Å². The number of methoxy groups -OCH3 is 1. The van der Waals surface area contributed by atoms with Gasteiger partial charge in [0.2, 0.25) is 5.88 Å². The lowest BCUT2D eigenvalue weighted by molar-refractivity contribution is -0.389. The number of aromatic nitrogens is 4. The number of imidazole rings is 1. The van der Waals surface area contributed by atoms with Gasteiger partial charge in [-0.2, -0.15) is 18.5 Å². The van der Waals surface area contributed by atoms with E-state index in [2.05, 4.69) is 15.0 Å². The molecular formula is C21H23ClF2N6O4S. The van der Waals surface area contributed by atoms with Crippen molar-refractivity contribution in [3.63, 3.8) is 0 Å². The molecule has 14 heteroatoms. The number of fused-ring (bicyclic) bond motifs is 1. The Kier molecular flexibility index (Phi) is 7.94. The predicted molar refractivity (Wildman–Crippen MR) is 128 cm³/mol. The summed E-state index contributed by atoms with van der Waals surface area (Å²) in [6, 6.07) is 3.09. The zero-order chi connectivity index (χ0) is 24.6. The van der Waals surface area contributed by atoms with Crippen molar-refractivity contribution in [2.24, 2.45) is 0 Å². The first-order valence-electron chi connectivity index (χ1n) is 10.3. The third kappa shape index (κ3) is 6.04. The Morgan fingerprint density at radius 1 is 1.23 bits per heavy atom. The van der Waals surface area contributed by atoms with Crippen molar-refractivity contribution in [1.29, 1.82) is 0 Å². The van der Waals surface area contributed by atoms with Crippen LogP contribution in [0.25, 0.3) is 11.4 Å². The molecule has 0 bridgehead atoms. The first-order chi connectivity index (χ1) is 16.0. The van der Waals surface area contributed by atoms with E-state index >= 15 is 0 Å². The number of β-amino-alcohol motifs (C(OH)–C–C–N with tert-alkyl or cyclic N) is 1. The van der Waals surface area contributed by atoms with Crippen LogP contribution in [0, 0.1) is 21.7 Å². The molecule has 35 heavy (non-hydrogen) atoms. The Labute approximate surface area is 211 Å². The highest BCUT2D eigenvalue weighted by Crippen LogP contribution is 2.30. The fourth-order valence-electron chi connectivity index (χ4n) is 4.03. The summed E-state index contributed by atoms with van der Waals surface area (Å²) in [6.45, 7) is 2.71. The largest absolute Gasteiger partial charge is 0.481 e. The van der Waals surface area contributed by atoms with Crippen LogP contribution in [0.1, 0.15) is 18.2 Å². The van der Waals surface area contributed by atoms with Crippen LogP contribution < -0.4 is 4.74 Å². The maximum absolute atomic E-state index is 13.7. The minimum Gasteiger partial charge on any atom is -0.481 e. The average molecular weight is 529 g/mol. The summed E-state index contributed by atoms with van der Waals surface area (Å²) >= 11 is 5.97. The molecule has 1 aliphatic heterocycles. The molecule has 3 heterocycles. The predicted octanol–water partition coefficient (Wildman–Crippen LogP) is 3.11. The summed E-state index contributed by atoms with van der Waals surface area (Å²) in [5, 5.41) is 21.8. The second kappa shape index (κ2) is 10.4. The second-order valence-electron chi connectivity index (χ2n) is 8.35. The van der Waals surface area contributed by atoms with E-state index in [0.29, 0.717) is 30.8 Å². The number of hydrogen-bond donors (Lipinski definition) is 1. The van der Waals surface area contributed by atoms with E-state index in [0.717, 1.165) is 18.2 Å². The molecule has 4 rings (SSSR count). The first kappa shape index (κ1) is 26.7. The fraction of sp³-hybridized carbons (Fsp3) is 0.381. The average Bonchev–Trinajstić information content (AvgIpc) is 3.11. The van der Waals surface area contributed by atoms with E-state index in [4.69, 9.17) is 16.3 Å². The van der Waals surface area contributed by atoms with Crippen molar-refractivity contribution in [2.45, 2.75) is 32.0 Å². The summed E-state index contributed by atoms with van der Waals surface area (Å²) in [5.41, 5.74) is 0.315. The molecule has 0 spiro atoms. The summed E-state index contributed by atoms with van der Waals surface area (Å²) in [7, 11) is 1.45. The van der Waals surface area contributed by atoms with Crippen molar-refractivity contribution in [1.82, 2.24) is 24.4 Å². The Morgan fingerprint density at radius 3 is 2.51 bits per heavy atom. The lowest BCUT2D eigenvalue weighted by atomic mass is 10.0. The van der Waals surface area contributed by atoms with Crippen LogP contribution in [0.3, 0.4) is 0 Å². The molecule has 0 saturated carbocycles. The van der Waals surface area contributed by atoms with Gasteiger partial charge >= 0.3 is 11.1 Å². The van der Waals surface area contributed by atoms with Crippen molar-refractivity contribution in [2.75, 3.05) is 20.2 Å². The molecule has 3 aromatic rings. The van der Waals surface area contributed by atoms with E-state index in [9.17, 15) is 24.0 Å². The molecule has 1 atom stereocenters. The monoisotopic (exact) mass is 528 g/mol. The first-order valence-corrected chi connectivity index (χ1v) is 10.6. The molecule has 0 unspecified atom stereocenters. The summed E-state index contributed by atoms with van der Waals surface area (Å²) in [6.07, 6.45) is 1.67. The summed E-state index contributed by atoms with van der Waals surface area (Å²) in [4.78, 5) is 24.7. The Hall–Kier alpha value is -2.87. The molecule has 1 aliphatic rings. The number of ether oxygens (including phenoxy) is 1. The normalized spacial score (nSPS) is 15.1. The molecule has 0 radical (unpaired) electrons. The highest BCUT2D eigenvalue weighted by molar-refractivity contribution is 7.59. The molecule has 0 saturated heterocycles. The molecule has 188 valence electrons. The summed E-state index contributed by atoms with van der Waals surface area (Å²) < 4.78 is 34.1. The Bertz CT molecular complexity index is 1220. The van der Waals surface area contributed by atoms with Gasteiger partial charge in [-0.1, -0.05) is 0 Å². The Balaban J connectivity index is 0.00000342. The maximum Gasteiger partial charge on any atom is 0.383 e. The van der Waals surface area contributed by atoms with Gasteiger partial charge in [0.05, 0.1) is 24.9 Å². The van der Waals surface area contributed by atoms with Crippen molar-refractivity contribution < 1.29 is 23.5 Å². The highest BCUT2D eigenvalue weighted by Gasteiger charge is 2.31. The van der Waals surface area contributed by atoms with Crippen LogP contribution in [0.2, 0.25) is 5.28 Å². The van der Waals surface area contributed by atoms with Gasteiger partial charge in [-0.15, -0.1) is 0 Å². The maximum atomic E-state index is 13.7. The van der Waals surface area contributed by atoms with Gasteiger partial charge in [-0.05, 0) is 40.6 Å². The smallest absolute Gasteiger partial charge is 0.383 e. The van der Waals surface area contributed by atoms with Gasteiger partial charge in [-0.3, -0.25) is 9.47 Å². The fourth-order valence-corrected chi connectivity index (χ4v) is 4.23. The van der Waals surface area contributed by atoms with E-state index in [-0.39, 0.29) is 49.1 Å². The molecule has 2 aromatic heterocycles. The van der Waals surface area contributed by atoms with Crippen molar-refractivity contribution >= 4 is 30.9 Å². The number of halogens is 3. The molecule has 10 nitrogen and oxygen atoms in total. The van der Waals surface area contributed by atoms with Crippen LogP contribution in [-0.4, -0.2) is 60.2 Å². The number of hydrogen-bond acceptors (Lipinski definition) is 8. The Morgan fingerprint density at radius 2 is 1.91 bits per heavy atom. The van der Waals surface area contributed by atoms with Gasteiger partial charge < -0.3 is 20.0 Å².